The van der Waals surface area contributed by atoms with Crippen LogP contribution < -0.4 is 19.5 Å². The number of esters is 1. The van der Waals surface area contributed by atoms with E-state index in [0.29, 0.717) is 45.0 Å². The van der Waals surface area contributed by atoms with Crippen LogP contribution >= 0.6 is 39.1 Å². The zero-order chi connectivity index (χ0) is 24.0. The minimum atomic E-state index is -0.403. The molecule has 0 saturated carbocycles. The Morgan fingerprint density at radius 1 is 0.939 bits per heavy atom. The lowest BCUT2D eigenvalue weighted by Crippen LogP contribution is -2.13. The number of hydrogen-bond donors (Lipinski definition) is 1. The molecule has 0 atom stereocenters. The number of hydrogen-bond acceptors (Lipinski definition) is 5. The van der Waals surface area contributed by atoms with E-state index in [-0.39, 0.29) is 12.3 Å². The van der Waals surface area contributed by atoms with Crippen LogP contribution in [0.15, 0.2) is 59.1 Å². The predicted molar refractivity (Wildman–Crippen MR) is 132 cm³/mol. The third-order valence-corrected chi connectivity index (χ3v) is 5.98. The van der Waals surface area contributed by atoms with E-state index in [9.17, 15) is 9.59 Å². The van der Waals surface area contributed by atoms with Gasteiger partial charge in [-0.1, -0.05) is 39.1 Å². The number of anilines is 1. The Bertz CT molecular complexity index is 1170. The fraction of sp³-hybridized carbons (Fsp3) is 0.167. The van der Waals surface area contributed by atoms with Crippen molar-refractivity contribution in [3.8, 4) is 17.2 Å². The lowest BCUT2D eigenvalue weighted by atomic mass is 10.1. The fourth-order valence-corrected chi connectivity index (χ4v) is 3.83. The van der Waals surface area contributed by atoms with E-state index >= 15 is 0 Å². The number of benzene rings is 3. The summed E-state index contributed by atoms with van der Waals surface area (Å²) in [6.07, 6.45) is 0.601. The van der Waals surface area contributed by atoms with Gasteiger partial charge in [-0.05, 0) is 66.6 Å². The summed E-state index contributed by atoms with van der Waals surface area (Å²) in [5.74, 6) is 0.744. The van der Waals surface area contributed by atoms with Crippen LogP contribution in [-0.2, 0) is 11.2 Å². The molecule has 0 unspecified atom stereocenters. The van der Waals surface area contributed by atoms with Gasteiger partial charge in [-0.2, -0.15) is 0 Å². The average Bonchev–Trinajstić information content (AvgIpc) is 2.80. The standard InChI is InChI=1S/C24H20BrCl2NO5/c1-31-21-11-15(18(25)13-22(21)32-2)5-10-23(29)33-17-7-3-14(4-8-17)24(30)28-20-12-16(26)6-9-19(20)27/h3-4,6-9,11-13H,5,10H2,1-2H3,(H,28,30). The molecule has 0 aliphatic carbocycles. The topological polar surface area (TPSA) is 73.9 Å². The highest BCUT2D eigenvalue weighted by Crippen LogP contribution is 2.34. The first kappa shape index (κ1) is 24.9. The van der Waals surface area contributed by atoms with Crippen molar-refractivity contribution in [1.82, 2.24) is 0 Å². The smallest absolute Gasteiger partial charge is 0.311 e. The second-order valence-electron chi connectivity index (χ2n) is 6.88. The highest BCUT2D eigenvalue weighted by molar-refractivity contribution is 9.10. The van der Waals surface area contributed by atoms with Crippen molar-refractivity contribution in [2.45, 2.75) is 12.8 Å². The highest BCUT2D eigenvalue weighted by Gasteiger charge is 2.13. The molecule has 3 rings (SSSR count). The van der Waals surface area contributed by atoms with Crippen LogP contribution in [0.2, 0.25) is 10.0 Å². The van der Waals surface area contributed by atoms with Crippen LogP contribution in [0.1, 0.15) is 22.3 Å². The number of amides is 1. The molecule has 0 aromatic heterocycles. The molecule has 0 fully saturated rings. The van der Waals surface area contributed by atoms with Gasteiger partial charge in [-0.25, -0.2) is 0 Å². The SMILES string of the molecule is COc1cc(Br)c(CCC(=O)Oc2ccc(C(=O)Nc3cc(Cl)ccc3Cl)cc2)cc1OC. The highest BCUT2D eigenvalue weighted by atomic mass is 79.9. The van der Waals surface area contributed by atoms with Crippen LogP contribution in [0, 0.1) is 0 Å². The van der Waals surface area contributed by atoms with E-state index in [1.54, 1.807) is 62.8 Å². The maximum Gasteiger partial charge on any atom is 0.311 e. The Hall–Kier alpha value is -2.74. The molecule has 0 aliphatic rings. The summed E-state index contributed by atoms with van der Waals surface area (Å²) in [5, 5.41) is 3.53. The lowest BCUT2D eigenvalue weighted by Gasteiger charge is -2.12. The molecule has 0 radical (unpaired) electrons. The normalized spacial score (nSPS) is 10.5. The van der Waals surface area contributed by atoms with E-state index in [2.05, 4.69) is 21.2 Å². The fourth-order valence-electron chi connectivity index (χ4n) is 2.97. The van der Waals surface area contributed by atoms with Gasteiger partial charge in [0.25, 0.3) is 5.91 Å². The molecule has 9 heteroatoms. The molecular formula is C24H20BrCl2NO5. The minimum absolute atomic E-state index is 0.156. The first-order chi connectivity index (χ1) is 15.8. The van der Waals surface area contributed by atoms with Gasteiger partial charge in [0.2, 0.25) is 0 Å². The summed E-state index contributed by atoms with van der Waals surface area (Å²) in [7, 11) is 3.11. The summed E-state index contributed by atoms with van der Waals surface area (Å²) in [5.41, 5.74) is 1.67. The Balaban J connectivity index is 1.58. The van der Waals surface area contributed by atoms with Crippen molar-refractivity contribution in [2.24, 2.45) is 0 Å². The van der Waals surface area contributed by atoms with Gasteiger partial charge in [0.05, 0.1) is 31.4 Å². The molecule has 3 aromatic carbocycles. The summed E-state index contributed by atoms with van der Waals surface area (Å²) >= 11 is 15.5. The summed E-state index contributed by atoms with van der Waals surface area (Å²) in [4.78, 5) is 24.8. The summed E-state index contributed by atoms with van der Waals surface area (Å²) in [6, 6.07) is 14.6. The maximum atomic E-state index is 12.5. The third kappa shape index (κ3) is 6.63. The number of nitrogens with one attached hydrogen (secondary N) is 1. The second kappa shape index (κ2) is 11.4. The van der Waals surface area contributed by atoms with Gasteiger partial charge in [0, 0.05) is 15.1 Å². The van der Waals surface area contributed by atoms with Gasteiger partial charge < -0.3 is 19.5 Å². The average molecular weight is 553 g/mol. The van der Waals surface area contributed by atoms with Crippen molar-refractivity contribution in [2.75, 3.05) is 19.5 Å². The predicted octanol–water partition coefficient (Wildman–Crippen LogP) is 6.56. The summed E-state index contributed by atoms with van der Waals surface area (Å²) < 4.78 is 16.8. The first-order valence-corrected chi connectivity index (χ1v) is 11.3. The third-order valence-electron chi connectivity index (χ3n) is 4.68. The number of carbonyl (C=O) groups is 2. The Morgan fingerprint density at radius 2 is 1.61 bits per heavy atom. The van der Waals surface area contributed by atoms with Gasteiger partial charge in [0.15, 0.2) is 11.5 Å². The largest absolute Gasteiger partial charge is 0.493 e. The van der Waals surface area contributed by atoms with Crippen LogP contribution in [0.3, 0.4) is 0 Å². The van der Waals surface area contributed by atoms with Crippen molar-refractivity contribution in [1.29, 1.82) is 0 Å². The van der Waals surface area contributed by atoms with Crippen LogP contribution in [0.5, 0.6) is 17.2 Å². The number of methoxy groups -OCH3 is 2. The summed E-state index contributed by atoms with van der Waals surface area (Å²) in [6.45, 7) is 0. The molecule has 0 spiro atoms. The van der Waals surface area contributed by atoms with Crippen molar-refractivity contribution in [3.63, 3.8) is 0 Å². The van der Waals surface area contributed by atoms with Gasteiger partial charge in [0.1, 0.15) is 5.75 Å². The molecule has 3 aromatic rings. The Kier molecular flexibility index (Phi) is 8.61. The van der Waals surface area contributed by atoms with Crippen molar-refractivity contribution in [3.05, 3.63) is 80.2 Å². The molecule has 0 heterocycles. The lowest BCUT2D eigenvalue weighted by molar-refractivity contribution is -0.134. The quantitative estimate of drug-likeness (QED) is 0.253. The number of rotatable bonds is 8. The maximum absolute atomic E-state index is 12.5. The van der Waals surface area contributed by atoms with E-state index in [1.807, 2.05) is 6.07 Å². The molecule has 0 aliphatic heterocycles. The van der Waals surface area contributed by atoms with E-state index < -0.39 is 5.97 Å². The van der Waals surface area contributed by atoms with E-state index in [1.165, 1.54) is 0 Å². The minimum Gasteiger partial charge on any atom is -0.493 e. The van der Waals surface area contributed by atoms with Crippen LogP contribution in [-0.4, -0.2) is 26.1 Å². The molecule has 33 heavy (non-hydrogen) atoms. The molecule has 1 N–H and O–H groups in total. The molecule has 172 valence electrons. The molecule has 6 nitrogen and oxygen atoms in total. The monoisotopic (exact) mass is 551 g/mol. The first-order valence-electron chi connectivity index (χ1n) is 9.78. The van der Waals surface area contributed by atoms with E-state index in [0.717, 1.165) is 10.0 Å². The van der Waals surface area contributed by atoms with Crippen LogP contribution in [0.25, 0.3) is 0 Å². The van der Waals surface area contributed by atoms with Crippen LogP contribution in [0.4, 0.5) is 5.69 Å². The van der Waals surface area contributed by atoms with E-state index in [4.69, 9.17) is 37.4 Å². The Morgan fingerprint density at radius 3 is 2.27 bits per heavy atom. The molecular weight excluding hydrogens is 533 g/mol. The van der Waals surface area contributed by atoms with Gasteiger partial charge in [-0.15, -0.1) is 0 Å². The number of halogens is 3. The number of carbonyl (C=O) groups excluding carboxylic acids is 2. The van der Waals surface area contributed by atoms with Crippen molar-refractivity contribution < 1.29 is 23.8 Å². The molecule has 0 saturated heterocycles. The molecule has 1 amide bonds. The van der Waals surface area contributed by atoms with Gasteiger partial charge >= 0.3 is 5.97 Å². The zero-order valence-corrected chi connectivity index (χ0v) is 20.9. The molecule has 0 bridgehead atoms. The zero-order valence-electron chi connectivity index (χ0n) is 17.8. The Labute approximate surface area is 209 Å². The van der Waals surface area contributed by atoms with Crippen molar-refractivity contribution >= 4 is 56.7 Å². The van der Waals surface area contributed by atoms with Gasteiger partial charge in [-0.3, -0.25) is 9.59 Å². The number of aryl methyl sites for hydroxylation is 1. The number of ether oxygens (including phenoxy) is 3. The second-order valence-corrected chi connectivity index (χ2v) is 8.57.